The molecule has 0 spiro atoms. The monoisotopic (exact) mass is 497 g/mol. The maximum Gasteiger partial charge on any atom is 0.177 e. The summed E-state index contributed by atoms with van der Waals surface area (Å²) in [4.78, 5) is 6.68. The largest absolute Gasteiger partial charge is 0.495 e. The molecule has 7 nitrogen and oxygen atoms in total. The molecule has 1 saturated carbocycles. The molecule has 3 heterocycles. The van der Waals surface area contributed by atoms with Crippen LogP contribution in [0.1, 0.15) is 47.4 Å². The van der Waals surface area contributed by atoms with Gasteiger partial charge in [-0.05, 0) is 49.2 Å². The number of piperidine rings is 1. The lowest BCUT2D eigenvalue weighted by atomic mass is 9.70. The van der Waals surface area contributed by atoms with E-state index in [0.29, 0.717) is 34.7 Å². The third-order valence-corrected chi connectivity index (χ3v) is 8.53. The summed E-state index contributed by atoms with van der Waals surface area (Å²) < 4.78 is 12.5. The quantitative estimate of drug-likeness (QED) is 0.555. The van der Waals surface area contributed by atoms with Gasteiger partial charge in [0, 0.05) is 18.4 Å². The van der Waals surface area contributed by atoms with Crippen molar-refractivity contribution in [2.45, 2.75) is 42.5 Å². The number of aliphatic hydroxyl groups excluding tert-OH is 1. The van der Waals surface area contributed by atoms with Gasteiger partial charge in [0.15, 0.2) is 11.2 Å². The standard InChI is InChI=1S/C30H31N3O4/c1-36-24-17-32-18-25-27(24)29(35)28(34)23(19-33-14-6-3-7-15-33)26(21-8-4-2-5-9-21)30(29,37-25)22-12-10-20(16-31)11-13-22/h2,4-5,8-13,17-18,23,26,28,34-35H,3,6-7,14-15,19H2,1H3/t23-,26-,28-,29+,30+/m1/s1. The normalized spacial score (nSPS) is 30.7. The molecule has 3 aliphatic rings. The van der Waals surface area contributed by atoms with Crippen molar-refractivity contribution in [1.82, 2.24) is 9.88 Å². The van der Waals surface area contributed by atoms with E-state index in [0.717, 1.165) is 31.5 Å². The molecular formula is C30H31N3O4. The molecule has 2 aromatic carbocycles. The van der Waals surface area contributed by atoms with Gasteiger partial charge in [-0.2, -0.15) is 5.26 Å². The average molecular weight is 498 g/mol. The molecule has 0 bridgehead atoms. The fraction of sp³-hybridized carbons (Fsp3) is 0.400. The van der Waals surface area contributed by atoms with Gasteiger partial charge in [-0.3, -0.25) is 4.98 Å². The van der Waals surface area contributed by atoms with Gasteiger partial charge in [0.1, 0.15) is 11.5 Å². The number of nitrogens with zero attached hydrogens (tertiary/aromatic N) is 3. The van der Waals surface area contributed by atoms with Crippen LogP contribution in [0.3, 0.4) is 0 Å². The Morgan fingerprint density at radius 3 is 2.49 bits per heavy atom. The average Bonchev–Trinajstić information content (AvgIpc) is 3.32. The number of likely N-dealkylation sites (tertiary alicyclic amines) is 1. The molecule has 2 fully saturated rings. The molecule has 1 saturated heterocycles. The molecule has 2 N–H and O–H groups in total. The number of hydrogen-bond donors (Lipinski definition) is 2. The molecule has 5 atom stereocenters. The number of hydrogen-bond acceptors (Lipinski definition) is 7. The summed E-state index contributed by atoms with van der Waals surface area (Å²) in [5.74, 6) is 0.0513. The maximum atomic E-state index is 12.9. The number of fused-ring (bicyclic) bond motifs is 3. The minimum absolute atomic E-state index is 0.327. The van der Waals surface area contributed by atoms with Crippen LogP contribution in [-0.2, 0) is 11.2 Å². The molecule has 1 aliphatic carbocycles. The highest BCUT2D eigenvalue weighted by Crippen LogP contribution is 2.69. The Labute approximate surface area is 216 Å². The van der Waals surface area contributed by atoms with Gasteiger partial charge in [-0.25, -0.2) is 0 Å². The Bertz CT molecular complexity index is 1320. The summed E-state index contributed by atoms with van der Waals surface area (Å²) >= 11 is 0. The lowest BCUT2D eigenvalue weighted by Crippen LogP contribution is -2.52. The van der Waals surface area contributed by atoms with Crippen molar-refractivity contribution in [3.63, 3.8) is 0 Å². The minimum atomic E-state index is -1.81. The molecule has 37 heavy (non-hydrogen) atoms. The highest BCUT2D eigenvalue weighted by Gasteiger charge is 2.76. The number of methoxy groups -OCH3 is 1. The van der Waals surface area contributed by atoms with Crippen LogP contribution in [-0.4, -0.2) is 52.9 Å². The number of aliphatic hydroxyl groups is 2. The highest BCUT2D eigenvalue weighted by atomic mass is 16.5. The van der Waals surface area contributed by atoms with Crippen LogP contribution in [0, 0.1) is 17.2 Å². The van der Waals surface area contributed by atoms with E-state index in [2.05, 4.69) is 16.0 Å². The van der Waals surface area contributed by atoms with Crippen LogP contribution in [0.4, 0.5) is 0 Å². The second-order valence-electron chi connectivity index (χ2n) is 10.4. The number of nitriles is 1. The summed E-state index contributed by atoms with van der Waals surface area (Å²) in [6.07, 6.45) is 5.45. The zero-order valence-electron chi connectivity index (χ0n) is 20.9. The molecular weight excluding hydrogens is 466 g/mol. The lowest BCUT2D eigenvalue weighted by molar-refractivity contribution is -0.152. The van der Waals surface area contributed by atoms with Gasteiger partial charge < -0.3 is 24.6 Å². The SMILES string of the molecule is COc1cncc2c1[C@]1(O)[C@H](O)[C@H](CN3CCCCC3)[C@@H](c3ccccc3)[C@]1(c1ccc(C#N)cc1)O2. The zero-order chi connectivity index (χ0) is 25.6. The summed E-state index contributed by atoms with van der Waals surface area (Å²) in [7, 11) is 1.53. The molecule has 2 aliphatic heterocycles. The van der Waals surface area contributed by atoms with E-state index in [1.807, 2.05) is 42.5 Å². The first-order valence-corrected chi connectivity index (χ1v) is 12.9. The summed E-state index contributed by atoms with van der Waals surface area (Å²) in [6.45, 7) is 2.57. The van der Waals surface area contributed by atoms with E-state index in [4.69, 9.17) is 9.47 Å². The fourth-order valence-electron chi connectivity index (χ4n) is 6.97. The van der Waals surface area contributed by atoms with Gasteiger partial charge in [0.25, 0.3) is 0 Å². The van der Waals surface area contributed by atoms with E-state index in [1.54, 1.807) is 24.5 Å². The van der Waals surface area contributed by atoms with Crippen LogP contribution < -0.4 is 9.47 Å². The second-order valence-corrected chi connectivity index (χ2v) is 10.4. The predicted molar refractivity (Wildman–Crippen MR) is 137 cm³/mol. The highest BCUT2D eigenvalue weighted by molar-refractivity contribution is 5.59. The molecule has 6 rings (SSSR count). The minimum Gasteiger partial charge on any atom is -0.495 e. The number of benzene rings is 2. The van der Waals surface area contributed by atoms with Crippen LogP contribution in [0.5, 0.6) is 11.5 Å². The summed E-state index contributed by atoms with van der Waals surface area (Å²) in [5.41, 5.74) is -0.570. The van der Waals surface area contributed by atoms with Crippen LogP contribution in [0.2, 0.25) is 0 Å². The zero-order valence-corrected chi connectivity index (χ0v) is 20.9. The molecule has 0 unspecified atom stereocenters. The van der Waals surface area contributed by atoms with E-state index in [1.165, 1.54) is 13.5 Å². The van der Waals surface area contributed by atoms with E-state index >= 15 is 0 Å². The van der Waals surface area contributed by atoms with E-state index in [-0.39, 0.29) is 11.8 Å². The van der Waals surface area contributed by atoms with Crippen molar-refractivity contribution in [3.05, 3.63) is 89.2 Å². The first-order valence-electron chi connectivity index (χ1n) is 12.9. The maximum absolute atomic E-state index is 12.9. The van der Waals surface area contributed by atoms with Gasteiger partial charge >= 0.3 is 0 Å². The van der Waals surface area contributed by atoms with Crippen molar-refractivity contribution >= 4 is 0 Å². The van der Waals surface area contributed by atoms with Crippen molar-refractivity contribution in [1.29, 1.82) is 5.26 Å². The predicted octanol–water partition coefficient (Wildman–Crippen LogP) is 3.70. The number of pyridine rings is 1. The van der Waals surface area contributed by atoms with Gasteiger partial charge in [0.2, 0.25) is 0 Å². The van der Waals surface area contributed by atoms with Crippen molar-refractivity contribution in [2.24, 2.45) is 5.92 Å². The van der Waals surface area contributed by atoms with Gasteiger partial charge in [-0.15, -0.1) is 0 Å². The molecule has 0 amide bonds. The molecule has 0 radical (unpaired) electrons. The van der Waals surface area contributed by atoms with Crippen LogP contribution in [0.15, 0.2) is 67.0 Å². The smallest absolute Gasteiger partial charge is 0.177 e. The Kier molecular flexibility index (Phi) is 5.91. The Morgan fingerprint density at radius 2 is 1.81 bits per heavy atom. The second kappa shape index (κ2) is 9.14. The summed E-state index contributed by atoms with van der Waals surface area (Å²) in [6, 6.07) is 19.3. The Hall–Kier alpha value is -3.44. The number of aromatic nitrogens is 1. The molecule has 190 valence electrons. The number of rotatable bonds is 5. The third kappa shape index (κ3) is 3.40. The van der Waals surface area contributed by atoms with Crippen molar-refractivity contribution < 1.29 is 19.7 Å². The molecule has 3 aromatic rings. The first-order chi connectivity index (χ1) is 18.0. The lowest BCUT2D eigenvalue weighted by Gasteiger charge is -2.41. The van der Waals surface area contributed by atoms with Gasteiger partial charge in [0.05, 0.1) is 42.8 Å². The van der Waals surface area contributed by atoms with E-state index < -0.39 is 17.3 Å². The van der Waals surface area contributed by atoms with E-state index in [9.17, 15) is 15.5 Å². The van der Waals surface area contributed by atoms with Gasteiger partial charge in [-0.1, -0.05) is 48.9 Å². The summed E-state index contributed by atoms with van der Waals surface area (Å²) in [5, 5.41) is 34.5. The van der Waals surface area contributed by atoms with Crippen LogP contribution >= 0.6 is 0 Å². The van der Waals surface area contributed by atoms with Crippen molar-refractivity contribution in [3.8, 4) is 17.6 Å². The van der Waals surface area contributed by atoms with Crippen LogP contribution in [0.25, 0.3) is 0 Å². The third-order valence-electron chi connectivity index (χ3n) is 8.53. The molecule has 7 heteroatoms. The Morgan fingerprint density at radius 1 is 1.08 bits per heavy atom. The Balaban J connectivity index is 1.61. The van der Waals surface area contributed by atoms with Crippen molar-refractivity contribution in [2.75, 3.05) is 26.7 Å². The topological polar surface area (TPSA) is 98.8 Å². The molecule has 1 aromatic heterocycles. The fourth-order valence-corrected chi connectivity index (χ4v) is 6.97. The number of ether oxygens (including phenoxy) is 2. The first kappa shape index (κ1) is 23.9.